The van der Waals surface area contributed by atoms with Gasteiger partial charge in [0, 0.05) is 26.9 Å². The van der Waals surface area contributed by atoms with Gasteiger partial charge in [0.1, 0.15) is 0 Å². The Morgan fingerprint density at radius 1 is 1.16 bits per heavy atom. The molecule has 0 saturated carbocycles. The van der Waals surface area contributed by atoms with Gasteiger partial charge in [-0.05, 0) is 31.9 Å². The fourth-order valence-corrected chi connectivity index (χ4v) is 1.89. The molecule has 1 N–H and O–H groups in total. The first-order chi connectivity index (χ1) is 9.27. The highest BCUT2D eigenvalue weighted by Crippen LogP contribution is 2.17. The van der Waals surface area contributed by atoms with Gasteiger partial charge in [0.2, 0.25) is 0 Å². The predicted molar refractivity (Wildman–Crippen MR) is 79.5 cm³/mol. The van der Waals surface area contributed by atoms with E-state index in [9.17, 15) is 0 Å². The van der Waals surface area contributed by atoms with Gasteiger partial charge in [-0.1, -0.05) is 36.8 Å². The minimum Gasteiger partial charge on any atom is -0.385 e. The molecule has 1 aromatic rings. The number of methoxy groups -OCH3 is 1. The van der Waals surface area contributed by atoms with Crippen molar-refractivity contribution >= 4 is 0 Å². The van der Waals surface area contributed by atoms with Crippen molar-refractivity contribution in [3.8, 4) is 0 Å². The average molecular weight is 265 g/mol. The molecule has 0 aromatic heterocycles. The summed E-state index contributed by atoms with van der Waals surface area (Å²) in [5.74, 6) is 0. The largest absolute Gasteiger partial charge is 0.385 e. The van der Waals surface area contributed by atoms with Crippen molar-refractivity contribution in [3.05, 3.63) is 35.4 Å². The molecule has 1 unspecified atom stereocenters. The monoisotopic (exact) mass is 265 g/mol. The van der Waals surface area contributed by atoms with Crippen LogP contribution in [0.4, 0.5) is 0 Å². The van der Waals surface area contributed by atoms with Crippen LogP contribution in [0.2, 0.25) is 0 Å². The van der Waals surface area contributed by atoms with Gasteiger partial charge in [0.15, 0.2) is 0 Å². The molecule has 0 radical (unpaired) electrons. The molecule has 0 bridgehead atoms. The standard InChI is InChI=1S/C16H27NO2/c1-4-10-17-13-16(19-12-5-11-18-3)15-8-6-14(2)7-9-15/h6-9,16-17H,4-5,10-13H2,1-3H3. The molecule has 1 aromatic carbocycles. The predicted octanol–water partition coefficient (Wildman–Crippen LogP) is 3.09. The second-order valence-corrected chi connectivity index (χ2v) is 4.82. The fourth-order valence-electron chi connectivity index (χ4n) is 1.89. The number of ether oxygens (including phenoxy) is 2. The Kier molecular flexibility index (Phi) is 8.47. The molecule has 0 aliphatic heterocycles. The summed E-state index contributed by atoms with van der Waals surface area (Å²) in [6.07, 6.45) is 2.21. The molecule has 0 fully saturated rings. The van der Waals surface area contributed by atoms with Gasteiger partial charge in [-0.2, -0.15) is 0 Å². The molecule has 1 rings (SSSR count). The maximum Gasteiger partial charge on any atom is 0.0949 e. The summed E-state index contributed by atoms with van der Waals surface area (Å²) in [4.78, 5) is 0. The number of hydrogen-bond acceptors (Lipinski definition) is 3. The second kappa shape index (κ2) is 9.96. The summed E-state index contributed by atoms with van der Waals surface area (Å²) in [7, 11) is 1.72. The Morgan fingerprint density at radius 2 is 1.89 bits per heavy atom. The number of rotatable bonds is 10. The number of aryl methyl sites for hydroxylation is 1. The van der Waals surface area contributed by atoms with Crippen molar-refractivity contribution in [2.75, 3.05) is 33.4 Å². The number of hydrogen-bond donors (Lipinski definition) is 1. The highest BCUT2D eigenvalue weighted by molar-refractivity contribution is 5.23. The Hall–Kier alpha value is -0.900. The molecule has 0 heterocycles. The lowest BCUT2D eigenvalue weighted by Crippen LogP contribution is -2.24. The van der Waals surface area contributed by atoms with Gasteiger partial charge in [0.25, 0.3) is 0 Å². The van der Waals surface area contributed by atoms with E-state index >= 15 is 0 Å². The zero-order chi connectivity index (χ0) is 13.9. The number of benzene rings is 1. The van der Waals surface area contributed by atoms with Gasteiger partial charge in [0.05, 0.1) is 6.10 Å². The van der Waals surface area contributed by atoms with E-state index in [4.69, 9.17) is 9.47 Å². The van der Waals surface area contributed by atoms with Gasteiger partial charge >= 0.3 is 0 Å². The van der Waals surface area contributed by atoms with Crippen LogP contribution in [0.3, 0.4) is 0 Å². The van der Waals surface area contributed by atoms with Gasteiger partial charge < -0.3 is 14.8 Å². The van der Waals surface area contributed by atoms with Gasteiger partial charge in [-0.25, -0.2) is 0 Å². The summed E-state index contributed by atoms with van der Waals surface area (Å²) in [6.45, 7) is 7.66. The van der Waals surface area contributed by atoms with E-state index in [0.717, 1.165) is 39.1 Å². The molecular weight excluding hydrogens is 238 g/mol. The van der Waals surface area contributed by atoms with Crippen LogP contribution in [-0.4, -0.2) is 33.4 Å². The third-order valence-electron chi connectivity index (χ3n) is 3.02. The molecule has 0 saturated heterocycles. The second-order valence-electron chi connectivity index (χ2n) is 4.82. The van der Waals surface area contributed by atoms with Crippen LogP contribution < -0.4 is 5.32 Å². The molecule has 108 valence electrons. The fraction of sp³-hybridized carbons (Fsp3) is 0.625. The Labute approximate surface area is 117 Å². The zero-order valence-corrected chi connectivity index (χ0v) is 12.4. The van der Waals surface area contributed by atoms with Gasteiger partial charge in [-0.15, -0.1) is 0 Å². The molecule has 0 aliphatic rings. The maximum atomic E-state index is 5.97. The maximum absolute atomic E-state index is 5.97. The third-order valence-corrected chi connectivity index (χ3v) is 3.02. The lowest BCUT2D eigenvalue weighted by atomic mass is 10.1. The highest BCUT2D eigenvalue weighted by atomic mass is 16.5. The van der Waals surface area contributed by atoms with Crippen LogP contribution >= 0.6 is 0 Å². The molecule has 1 atom stereocenters. The first kappa shape index (κ1) is 16.2. The number of nitrogens with one attached hydrogen (secondary N) is 1. The Balaban J connectivity index is 2.49. The summed E-state index contributed by atoms with van der Waals surface area (Å²) < 4.78 is 11.0. The van der Waals surface area contributed by atoms with Crippen LogP contribution in [0.25, 0.3) is 0 Å². The van der Waals surface area contributed by atoms with Crippen LogP contribution in [0, 0.1) is 6.92 Å². The summed E-state index contributed by atoms with van der Waals surface area (Å²) >= 11 is 0. The van der Waals surface area contributed by atoms with Crippen LogP contribution in [-0.2, 0) is 9.47 Å². The van der Waals surface area contributed by atoms with Crippen molar-refractivity contribution in [1.29, 1.82) is 0 Å². The lowest BCUT2D eigenvalue weighted by Gasteiger charge is -2.19. The smallest absolute Gasteiger partial charge is 0.0949 e. The van der Waals surface area contributed by atoms with Crippen molar-refractivity contribution in [3.63, 3.8) is 0 Å². The lowest BCUT2D eigenvalue weighted by molar-refractivity contribution is 0.0389. The van der Waals surface area contributed by atoms with Crippen LogP contribution in [0.1, 0.15) is 37.0 Å². The molecule has 0 spiro atoms. The quantitative estimate of drug-likeness (QED) is 0.659. The zero-order valence-electron chi connectivity index (χ0n) is 12.4. The van der Waals surface area contributed by atoms with E-state index in [0.29, 0.717) is 0 Å². The van der Waals surface area contributed by atoms with E-state index in [1.165, 1.54) is 11.1 Å². The molecule has 3 nitrogen and oxygen atoms in total. The van der Waals surface area contributed by atoms with Gasteiger partial charge in [-0.3, -0.25) is 0 Å². The molecule has 0 aliphatic carbocycles. The molecule has 0 amide bonds. The first-order valence-corrected chi connectivity index (χ1v) is 7.15. The van der Waals surface area contributed by atoms with E-state index in [1.807, 2.05) is 0 Å². The third kappa shape index (κ3) is 6.71. The van der Waals surface area contributed by atoms with Crippen molar-refractivity contribution in [2.24, 2.45) is 0 Å². The van der Waals surface area contributed by atoms with E-state index < -0.39 is 0 Å². The minimum absolute atomic E-state index is 0.129. The summed E-state index contributed by atoms with van der Waals surface area (Å²) in [6, 6.07) is 8.59. The van der Waals surface area contributed by atoms with Crippen molar-refractivity contribution < 1.29 is 9.47 Å². The van der Waals surface area contributed by atoms with Crippen molar-refractivity contribution in [2.45, 2.75) is 32.8 Å². The van der Waals surface area contributed by atoms with Crippen molar-refractivity contribution in [1.82, 2.24) is 5.32 Å². The topological polar surface area (TPSA) is 30.5 Å². The Bertz CT molecular complexity index is 324. The summed E-state index contributed by atoms with van der Waals surface area (Å²) in [5, 5.41) is 3.43. The highest BCUT2D eigenvalue weighted by Gasteiger charge is 2.11. The van der Waals surface area contributed by atoms with E-state index in [-0.39, 0.29) is 6.10 Å². The van der Waals surface area contributed by atoms with Crippen LogP contribution in [0.5, 0.6) is 0 Å². The summed E-state index contributed by atoms with van der Waals surface area (Å²) in [5.41, 5.74) is 2.52. The molecule has 19 heavy (non-hydrogen) atoms. The molecular formula is C16H27NO2. The van der Waals surface area contributed by atoms with E-state index in [2.05, 4.69) is 43.4 Å². The first-order valence-electron chi connectivity index (χ1n) is 7.15. The SMILES string of the molecule is CCCNCC(OCCCOC)c1ccc(C)cc1. The minimum atomic E-state index is 0.129. The molecule has 3 heteroatoms. The normalized spacial score (nSPS) is 12.6. The average Bonchev–Trinajstić information content (AvgIpc) is 2.43. The van der Waals surface area contributed by atoms with E-state index in [1.54, 1.807) is 7.11 Å². The Morgan fingerprint density at radius 3 is 2.53 bits per heavy atom. The van der Waals surface area contributed by atoms with Crippen LogP contribution in [0.15, 0.2) is 24.3 Å².